The summed E-state index contributed by atoms with van der Waals surface area (Å²) in [6.07, 6.45) is 3.82. The summed E-state index contributed by atoms with van der Waals surface area (Å²) >= 11 is 0.750. The molecule has 0 amide bonds. The average molecular weight is 389 g/mol. The number of anilines is 1. The van der Waals surface area contributed by atoms with Crippen molar-refractivity contribution in [1.29, 1.82) is 0 Å². The third-order valence-corrected chi connectivity index (χ3v) is 4.93. The molecule has 142 valence electrons. The largest absolute Gasteiger partial charge is 0.544 e. The zero-order valence-corrected chi connectivity index (χ0v) is 15.4. The number of rotatable bonds is 7. The second kappa shape index (κ2) is 8.21. The molecule has 0 spiro atoms. The third kappa shape index (κ3) is 4.45. The number of carbonyl (C=O) groups is 1. The Morgan fingerprint density at radius 2 is 2.11 bits per heavy atom. The van der Waals surface area contributed by atoms with Gasteiger partial charge in [-0.15, -0.1) is 10.2 Å². The van der Waals surface area contributed by atoms with Gasteiger partial charge in [-0.05, 0) is 42.3 Å². The number of carbonyl (C=O) groups excluding carboxylic acids is 1. The Labute approximate surface area is 159 Å². The van der Waals surface area contributed by atoms with Crippen LogP contribution in [0.3, 0.4) is 0 Å². The first-order valence-corrected chi connectivity index (χ1v) is 9.26. The maximum Gasteiger partial charge on any atom is 0.293 e. The third-order valence-electron chi connectivity index (χ3n) is 4.09. The molecule has 1 aromatic heterocycles. The predicted octanol–water partition coefficient (Wildman–Crippen LogP) is 2.02. The van der Waals surface area contributed by atoms with Gasteiger partial charge in [0.05, 0.1) is 10.9 Å². The van der Waals surface area contributed by atoms with Crippen molar-refractivity contribution in [2.75, 3.05) is 18.0 Å². The van der Waals surface area contributed by atoms with Gasteiger partial charge in [0.2, 0.25) is 5.89 Å². The number of benzene rings is 1. The number of carboxylic acid groups (broad SMARTS) is 1. The van der Waals surface area contributed by atoms with Gasteiger partial charge >= 0.3 is 0 Å². The first kappa shape index (κ1) is 18.9. The van der Waals surface area contributed by atoms with Crippen LogP contribution >= 0.6 is 11.8 Å². The summed E-state index contributed by atoms with van der Waals surface area (Å²) in [6, 6.07) is 4.66. The molecule has 10 heteroatoms. The minimum absolute atomic E-state index is 0.0561. The van der Waals surface area contributed by atoms with Crippen LogP contribution in [0.1, 0.15) is 31.2 Å². The lowest BCUT2D eigenvalue weighted by Gasteiger charge is -2.17. The molecule has 1 fully saturated rings. The van der Waals surface area contributed by atoms with Gasteiger partial charge in [0.25, 0.3) is 10.9 Å². The fraction of sp³-hybridized carbons (Fsp3) is 0.353. The van der Waals surface area contributed by atoms with Gasteiger partial charge < -0.3 is 19.2 Å². The summed E-state index contributed by atoms with van der Waals surface area (Å²) in [4.78, 5) is 24.2. The number of thioether (sulfide) groups is 1. The summed E-state index contributed by atoms with van der Waals surface area (Å²) in [6.45, 7) is 3.37. The van der Waals surface area contributed by atoms with Crippen LogP contribution in [0.25, 0.3) is 6.08 Å². The molecule has 0 N–H and O–H groups in total. The van der Waals surface area contributed by atoms with E-state index in [0.717, 1.165) is 37.7 Å². The summed E-state index contributed by atoms with van der Waals surface area (Å²) in [5.74, 6) is -1.04. The van der Waals surface area contributed by atoms with Crippen LogP contribution < -0.4 is 10.0 Å². The molecular formula is C17H17N4O5S-. The van der Waals surface area contributed by atoms with Crippen molar-refractivity contribution < 1.29 is 19.2 Å². The van der Waals surface area contributed by atoms with Crippen molar-refractivity contribution in [1.82, 2.24) is 10.2 Å². The van der Waals surface area contributed by atoms with E-state index in [0.29, 0.717) is 23.6 Å². The fourth-order valence-electron chi connectivity index (χ4n) is 2.80. The number of aromatic nitrogens is 2. The fourth-order valence-corrected chi connectivity index (χ4v) is 3.49. The highest BCUT2D eigenvalue weighted by molar-refractivity contribution is 8.03. The first-order chi connectivity index (χ1) is 13.0. The molecule has 1 aliphatic rings. The topological polar surface area (TPSA) is 125 Å². The van der Waals surface area contributed by atoms with E-state index in [1.54, 1.807) is 12.1 Å². The molecule has 0 saturated carbocycles. The van der Waals surface area contributed by atoms with Crippen molar-refractivity contribution in [3.8, 4) is 0 Å². The summed E-state index contributed by atoms with van der Waals surface area (Å²) in [7, 11) is 0. The van der Waals surface area contributed by atoms with E-state index in [4.69, 9.17) is 4.42 Å². The average Bonchev–Trinajstić information content (AvgIpc) is 3.32. The minimum atomic E-state index is -1.43. The molecule has 0 bridgehead atoms. The van der Waals surface area contributed by atoms with Crippen LogP contribution in [0.4, 0.5) is 11.4 Å². The molecular weight excluding hydrogens is 372 g/mol. The second-order valence-corrected chi connectivity index (χ2v) is 6.91. The summed E-state index contributed by atoms with van der Waals surface area (Å²) in [5.41, 5.74) is 0.868. The Hall–Kier alpha value is -2.88. The quantitative estimate of drug-likeness (QED) is 0.302. The maximum atomic E-state index is 11.5. The highest BCUT2D eigenvalue weighted by Gasteiger charge is 2.22. The molecule has 9 nitrogen and oxygen atoms in total. The molecule has 0 atom stereocenters. The molecule has 27 heavy (non-hydrogen) atoms. The lowest BCUT2D eigenvalue weighted by molar-refractivity contribution is -0.384. The summed E-state index contributed by atoms with van der Waals surface area (Å²) < 4.78 is 5.29. The predicted molar refractivity (Wildman–Crippen MR) is 97.1 cm³/mol. The lowest BCUT2D eigenvalue weighted by Crippen LogP contribution is -2.23. The summed E-state index contributed by atoms with van der Waals surface area (Å²) in [5, 5.41) is 30.5. The number of aryl methyl sites for hydroxylation is 1. The zero-order valence-electron chi connectivity index (χ0n) is 14.6. The minimum Gasteiger partial charge on any atom is -0.544 e. The normalized spacial score (nSPS) is 14.6. The van der Waals surface area contributed by atoms with Gasteiger partial charge in [-0.2, -0.15) is 0 Å². The van der Waals surface area contributed by atoms with Crippen molar-refractivity contribution in [3.05, 3.63) is 44.7 Å². The van der Waals surface area contributed by atoms with Gasteiger partial charge in [-0.1, -0.05) is 13.0 Å². The van der Waals surface area contributed by atoms with Crippen LogP contribution in [0.2, 0.25) is 0 Å². The van der Waals surface area contributed by atoms with E-state index in [9.17, 15) is 20.0 Å². The molecule has 0 radical (unpaired) electrons. The van der Waals surface area contributed by atoms with E-state index in [1.165, 1.54) is 12.1 Å². The van der Waals surface area contributed by atoms with Crippen LogP contribution in [0.15, 0.2) is 32.7 Å². The van der Waals surface area contributed by atoms with Crippen LogP contribution in [0, 0.1) is 10.1 Å². The maximum absolute atomic E-state index is 11.5. The van der Waals surface area contributed by atoms with Crippen LogP contribution in [-0.2, 0) is 11.2 Å². The van der Waals surface area contributed by atoms with Crippen LogP contribution in [-0.4, -0.2) is 34.2 Å². The van der Waals surface area contributed by atoms with E-state index in [-0.39, 0.29) is 15.8 Å². The van der Waals surface area contributed by atoms with Crippen molar-refractivity contribution >= 4 is 35.2 Å². The lowest BCUT2D eigenvalue weighted by atomic mass is 10.1. The van der Waals surface area contributed by atoms with E-state index >= 15 is 0 Å². The van der Waals surface area contributed by atoms with E-state index in [2.05, 4.69) is 10.2 Å². The van der Waals surface area contributed by atoms with Crippen molar-refractivity contribution in [3.63, 3.8) is 0 Å². The van der Waals surface area contributed by atoms with Gasteiger partial charge in [-0.3, -0.25) is 10.1 Å². The number of nitro benzene ring substituents is 1. The SMILES string of the molecule is CCc1nnc(S/C(=C/c2ccc(N3CCCC3)c([N+](=O)[O-])c2)C(=O)[O-])o1. The standard InChI is InChI=1S/C17H18N4O5S/c1-2-15-18-19-17(26-15)27-14(16(22)23)10-11-5-6-12(13(9-11)21(24)25)20-7-3-4-8-20/h5-6,9-10H,2-4,7-8H2,1H3,(H,22,23)/p-1/b14-10+. The Balaban J connectivity index is 1.91. The number of carboxylic acids is 1. The van der Waals surface area contributed by atoms with Crippen molar-refractivity contribution in [2.45, 2.75) is 31.4 Å². The number of nitro groups is 1. The number of nitrogens with zero attached hydrogens (tertiary/aromatic N) is 4. The molecule has 1 saturated heterocycles. The van der Waals surface area contributed by atoms with Gasteiger partial charge in [0, 0.05) is 30.5 Å². The zero-order chi connectivity index (χ0) is 19.4. The number of aliphatic carboxylic acids is 1. The first-order valence-electron chi connectivity index (χ1n) is 8.44. The Kier molecular flexibility index (Phi) is 5.75. The molecule has 1 aliphatic heterocycles. The van der Waals surface area contributed by atoms with Crippen LogP contribution in [0.5, 0.6) is 0 Å². The molecule has 1 aromatic carbocycles. The molecule has 0 unspecified atom stereocenters. The monoisotopic (exact) mass is 389 g/mol. The van der Waals surface area contributed by atoms with E-state index in [1.807, 2.05) is 11.8 Å². The van der Waals surface area contributed by atoms with E-state index < -0.39 is 10.9 Å². The van der Waals surface area contributed by atoms with Crippen molar-refractivity contribution in [2.24, 2.45) is 0 Å². The highest BCUT2D eigenvalue weighted by atomic mass is 32.2. The highest BCUT2D eigenvalue weighted by Crippen LogP contribution is 2.33. The molecule has 2 aromatic rings. The Morgan fingerprint density at radius 3 is 2.70 bits per heavy atom. The molecule has 0 aliphatic carbocycles. The van der Waals surface area contributed by atoms with Gasteiger partial charge in [0.15, 0.2) is 0 Å². The Bertz CT molecular complexity index is 889. The van der Waals surface area contributed by atoms with Gasteiger partial charge in [-0.25, -0.2) is 0 Å². The second-order valence-electron chi connectivity index (χ2n) is 5.91. The van der Waals surface area contributed by atoms with Gasteiger partial charge in [0.1, 0.15) is 5.69 Å². The Morgan fingerprint density at radius 1 is 1.37 bits per heavy atom. The molecule has 3 rings (SSSR count). The smallest absolute Gasteiger partial charge is 0.293 e. The molecule has 2 heterocycles. The number of hydrogen-bond donors (Lipinski definition) is 0. The number of hydrogen-bond acceptors (Lipinski definition) is 9.